The summed E-state index contributed by atoms with van der Waals surface area (Å²) < 4.78 is 1.49. The molecule has 0 aliphatic heterocycles. The van der Waals surface area contributed by atoms with Gasteiger partial charge in [0.15, 0.2) is 0 Å². The molecule has 3 rings (SSSR count). The Balaban J connectivity index is 1.84. The zero-order valence-corrected chi connectivity index (χ0v) is 12.1. The van der Waals surface area contributed by atoms with Crippen molar-refractivity contribution in [2.75, 3.05) is 17.3 Å². The van der Waals surface area contributed by atoms with Gasteiger partial charge in [0, 0.05) is 5.69 Å². The van der Waals surface area contributed by atoms with E-state index in [4.69, 9.17) is 5.73 Å². The summed E-state index contributed by atoms with van der Waals surface area (Å²) in [5.41, 5.74) is 6.76. The summed E-state index contributed by atoms with van der Waals surface area (Å²) in [6.07, 6.45) is 1.89. The smallest absolute Gasteiger partial charge is 0.237 e. The monoisotopic (exact) mass is 305 g/mol. The molecule has 1 aromatic carbocycles. The van der Waals surface area contributed by atoms with Crippen LogP contribution in [0.15, 0.2) is 35.5 Å². The van der Waals surface area contributed by atoms with Crippen LogP contribution in [-0.4, -0.2) is 31.2 Å². The molecule has 0 atom stereocenters. The molecular weight excluding hydrogens is 294 g/mol. The lowest BCUT2D eigenvalue weighted by molar-refractivity contribution is 0.818. The first-order chi connectivity index (χ1) is 9.76. The average molecular weight is 305 g/mol. The van der Waals surface area contributed by atoms with Crippen molar-refractivity contribution < 1.29 is 0 Å². The molecule has 0 aliphatic carbocycles. The van der Waals surface area contributed by atoms with E-state index in [1.165, 1.54) is 27.8 Å². The van der Waals surface area contributed by atoms with Crippen molar-refractivity contribution in [3.8, 4) is 5.13 Å². The van der Waals surface area contributed by atoms with Gasteiger partial charge in [-0.3, -0.25) is 0 Å². The molecule has 0 amide bonds. The molecule has 3 N–H and O–H groups in total. The van der Waals surface area contributed by atoms with E-state index in [9.17, 15) is 0 Å². The number of nitrogens with zero attached hydrogens (tertiary/aromatic N) is 5. The molecule has 0 saturated carbocycles. The summed E-state index contributed by atoms with van der Waals surface area (Å²) in [5.74, 6) is 0.303. The summed E-state index contributed by atoms with van der Waals surface area (Å²) in [7, 11) is 0. The van der Waals surface area contributed by atoms with Crippen molar-refractivity contribution in [2.45, 2.75) is 5.16 Å². The quantitative estimate of drug-likeness (QED) is 0.713. The minimum Gasteiger partial charge on any atom is -0.368 e. The predicted molar refractivity (Wildman–Crippen MR) is 80.7 cm³/mol. The van der Waals surface area contributed by atoms with Gasteiger partial charge >= 0.3 is 0 Å². The van der Waals surface area contributed by atoms with Gasteiger partial charge in [-0.15, -0.1) is 15.3 Å². The summed E-state index contributed by atoms with van der Waals surface area (Å²) in [4.78, 5) is 4.11. The number of nitrogen functional groups attached to an aromatic ring is 1. The van der Waals surface area contributed by atoms with Crippen molar-refractivity contribution in [1.29, 1.82) is 0 Å². The number of hydrogen-bond acceptors (Lipinski definition) is 8. The molecule has 102 valence electrons. The summed E-state index contributed by atoms with van der Waals surface area (Å²) >= 11 is 2.78. The largest absolute Gasteiger partial charge is 0.368 e. The first-order valence-corrected chi connectivity index (χ1v) is 7.73. The molecule has 9 heteroatoms. The molecule has 20 heavy (non-hydrogen) atoms. The van der Waals surface area contributed by atoms with E-state index in [1.54, 1.807) is 0 Å². The maximum Gasteiger partial charge on any atom is 0.237 e. The minimum absolute atomic E-state index is 0.303. The third kappa shape index (κ3) is 2.58. The molecule has 0 aliphatic rings. The Bertz CT molecular complexity index is 707. The molecule has 7 nitrogen and oxygen atoms in total. The maximum atomic E-state index is 5.81. The number of benzene rings is 1. The van der Waals surface area contributed by atoms with E-state index < -0.39 is 0 Å². The molecule has 0 saturated heterocycles. The fourth-order valence-corrected chi connectivity index (χ4v) is 2.60. The normalized spacial score (nSPS) is 10.7. The second-order valence-corrected chi connectivity index (χ2v) is 5.48. The fraction of sp³-hybridized carbons (Fsp3) is 0.0909. The van der Waals surface area contributed by atoms with Crippen molar-refractivity contribution in [3.05, 3.63) is 30.3 Å². The van der Waals surface area contributed by atoms with Crippen molar-refractivity contribution >= 4 is 39.9 Å². The lowest BCUT2D eigenvalue weighted by Gasteiger charge is -1.99. The second kappa shape index (κ2) is 5.47. The highest BCUT2D eigenvalue weighted by Gasteiger charge is 2.13. The molecule has 0 bridgehead atoms. The van der Waals surface area contributed by atoms with Gasteiger partial charge in [0.25, 0.3) is 0 Å². The first-order valence-electron chi connectivity index (χ1n) is 5.69. The van der Waals surface area contributed by atoms with E-state index in [2.05, 4.69) is 25.6 Å². The van der Waals surface area contributed by atoms with Gasteiger partial charge in [-0.1, -0.05) is 41.3 Å². The Morgan fingerprint density at radius 1 is 1.25 bits per heavy atom. The van der Waals surface area contributed by atoms with E-state index in [0.29, 0.717) is 21.4 Å². The summed E-state index contributed by atoms with van der Waals surface area (Å²) in [6, 6.07) is 9.76. The Kier molecular flexibility index (Phi) is 3.52. The lowest BCUT2D eigenvalue weighted by Crippen LogP contribution is -2.01. The maximum absolute atomic E-state index is 5.81. The number of nitrogens with two attached hydrogens (primary N) is 1. The SMILES string of the molecule is CSc1nc(N)n(-c2nnc(Nc3ccccc3)s2)n1. The van der Waals surface area contributed by atoms with E-state index in [-0.39, 0.29) is 0 Å². The number of para-hydroxylation sites is 1. The zero-order chi connectivity index (χ0) is 13.9. The van der Waals surface area contributed by atoms with Crippen LogP contribution in [0.2, 0.25) is 0 Å². The molecule has 0 radical (unpaired) electrons. The van der Waals surface area contributed by atoms with Crippen molar-refractivity contribution in [1.82, 2.24) is 25.0 Å². The predicted octanol–water partition coefficient (Wildman–Crippen LogP) is 2.17. The number of rotatable bonds is 4. The number of hydrogen-bond donors (Lipinski definition) is 2. The van der Waals surface area contributed by atoms with Gasteiger partial charge in [0.05, 0.1) is 0 Å². The highest BCUT2D eigenvalue weighted by molar-refractivity contribution is 7.98. The van der Waals surface area contributed by atoms with Gasteiger partial charge in [-0.2, -0.15) is 9.67 Å². The fourth-order valence-electron chi connectivity index (χ4n) is 1.53. The van der Waals surface area contributed by atoms with E-state index in [0.717, 1.165) is 5.69 Å². The molecular formula is C11H11N7S2. The van der Waals surface area contributed by atoms with Crippen LogP contribution in [-0.2, 0) is 0 Å². The lowest BCUT2D eigenvalue weighted by atomic mass is 10.3. The van der Waals surface area contributed by atoms with Crippen LogP contribution < -0.4 is 11.1 Å². The van der Waals surface area contributed by atoms with Gasteiger partial charge in [-0.05, 0) is 18.4 Å². The van der Waals surface area contributed by atoms with Crippen molar-refractivity contribution in [2.24, 2.45) is 0 Å². The van der Waals surface area contributed by atoms with Crippen LogP contribution >= 0.6 is 23.1 Å². The Labute approximate surface area is 123 Å². The van der Waals surface area contributed by atoms with Crippen LogP contribution in [0.3, 0.4) is 0 Å². The van der Waals surface area contributed by atoms with Crippen LogP contribution in [0, 0.1) is 0 Å². The highest BCUT2D eigenvalue weighted by Crippen LogP contribution is 2.24. The third-order valence-corrected chi connectivity index (χ3v) is 3.77. The Hall–Kier alpha value is -2.13. The van der Waals surface area contributed by atoms with Crippen molar-refractivity contribution in [3.63, 3.8) is 0 Å². The highest BCUT2D eigenvalue weighted by atomic mass is 32.2. The molecule has 0 fully saturated rings. The third-order valence-electron chi connectivity index (χ3n) is 2.42. The molecule has 0 spiro atoms. The van der Waals surface area contributed by atoms with E-state index >= 15 is 0 Å². The molecule has 0 unspecified atom stereocenters. The molecule has 2 aromatic heterocycles. The Morgan fingerprint density at radius 2 is 2.05 bits per heavy atom. The van der Waals surface area contributed by atoms with Gasteiger partial charge in [0.2, 0.25) is 21.4 Å². The minimum atomic E-state index is 0.303. The second-order valence-electron chi connectivity index (χ2n) is 3.75. The average Bonchev–Trinajstić information content (AvgIpc) is 3.06. The number of nitrogens with one attached hydrogen (secondary N) is 1. The Morgan fingerprint density at radius 3 is 2.75 bits per heavy atom. The topological polar surface area (TPSA) is 94.5 Å². The van der Waals surface area contributed by atoms with Gasteiger partial charge < -0.3 is 11.1 Å². The molecule has 2 heterocycles. The number of aromatic nitrogens is 5. The number of anilines is 3. The van der Waals surface area contributed by atoms with Crippen LogP contribution in [0.5, 0.6) is 0 Å². The van der Waals surface area contributed by atoms with Crippen LogP contribution in [0.25, 0.3) is 5.13 Å². The molecule has 3 aromatic rings. The number of thioether (sulfide) groups is 1. The standard InChI is InChI=1S/C11H11N7S2/c1-19-10-14-8(12)18(17-10)11-16-15-9(20-11)13-7-5-3-2-4-6-7/h2-6H,1H3,(H,13,15)(H2,12,14,17). The summed E-state index contributed by atoms with van der Waals surface area (Å²) in [6.45, 7) is 0. The van der Waals surface area contributed by atoms with Gasteiger partial charge in [0.1, 0.15) is 0 Å². The summed E-state index contributed by atoms with van der Waals surface area (Å²) in [5, 5.41) is 17.4. The van der Waals surface area contributed by atoms with Gasteiger partial charge in [-0.25, -0.2) is 0 Å². The first kappa shape index (κ1) is 12.9. The zero-order valence-electron chi connectivity index (χ0n) is 10.5. The van der Waals surface area contributed by atoms with Crippen LogP contribution in [0.1, 0.15) is 0 Å². The van der Waals surface area contributed by atoms with Crippen LogP contribution in [0.4, 0.5) is 16.8 Å². The van der Waals surface area contributed by atoms with E-state index in [1.807, 2.05) is 36.6 Å².